The number of rotatable bonds is 3. The van der Waals surface area contributed by atoms with Crippen LogP contribution in [0.5, 0.6) is 5.75 Å². The van der Waals surface area contributed by atoms with Crippen molar-refractivity contribution in [1.82, 2.24) is 14.6 Å². The topological polar surface area (TPSA) is 73.6 Å². The summed E-state index contributed by atoms with van der Waals surface area (Å²) in [6.45, 7) is 1.94. The van der Waals surface area contributed by atoms with Gasteiger partial charge in [0.15, 0.2) is 0 Å². The third-order valence-corrected chi connectivity index (χ3v) is 5.94. The normalized spacial score (nSPS) is 16.2. The van der Waals surface area contributed by atoms with Crippen molar-refractivity contribution in [1.29, 1.82) is 0 Å². The van der Waals surface area contributed by atoms with Gasteiger partial charge in [-0.2, -0.15) is 14.6 Å². The number of thiazole rings is 1. The SMILES string of the molecule is CC1Oc2ccccc2C=C1C=c1sc2nc(=O)c(Cc3ccccc3)nn2c1=O. The summed E-state index contributed by atoms with van der Waals surface area (Å²) >= 11 is 1.15. The van der Waals surface area contributed by atoms with Gasteiger partial charge in [-0.05, 0) is 36.3 Å². The Morgan fingerprint density at radius 1 is 1.10 bits per heavy atom. The quantitative estimate of drug-likeness (QED) is 0.514. The molecule has 30 heavy (non-hydrogen) atoms. The monoisotopic (exact) mass is 415 g/mol. The Balaban J connectivity index is 1.60. The van der Waals surface area contributed by atoms with Crippen LogP contribution in [0.4, 0.5) is 0 Å². The molecule has 0 aliphatic carbocycles. The van der Waals surface area contributed by atoms with E-state index in [9.17, 15) is 9.59 Å². The van der Waals surface area contributed by atoms with Crippen LogP contribution in [0.15, 0.2) is 69.8 Å². The lowest BCUT2D eigenvalue weighted by atomic mass is 10.0. The molecule has 0 N–H and O–H groups in total. The van der Waals surface area contributed by atoms with Crippen LogP contribution in [0.1, 0.15) is 23.7 Å². The molecule has 0 bridgehead atoms. The van der Waals surface area contributed by atoms with E-state index in [2.05, 4.69) is 10.1 Å². The zero-order valence-corrected chi connectivity index (χ0v) is 16.9. The molecule has 6 nitrogen and oxygen atoms in total. The first kappa shape index (κ1) is 18.4. The predicted octanol–water partition coefficient (Wildman–Crippen LogP) is 2.47. The summed E-state index contributed by atoms with van der Waals surface area (Å²) in [6, 6.07) is 17.3. The molecule has 0 radical (unpaired) electrons. The van der Waals surface area contributed by atoms with Crippen LogP contribution in [0.3, 0.4) is 0 Å². The molecule has 148 valence electrons. The molecule has 1 atom stereocenters. The van der Waals surface area contributed by atoms with E-state index in [1.807, 2.05) is 67.6 Å². The molecule has 3 heterocycles. The second-order valence-electron chi connectivity index (χ2n) is 7.08. The Kier molecular flexibility index (Phi) is 4.52. The van der Waals surface area contributed by atoms with E-state index < -0.39 is 5.56 Å². The number of para-hydroxylation sites is 1. The van der Waals surface area contributed by atoms with Gasteiger partial charge in [0, 0.05) is 12.0 Å². The number of ether oxygens (including phenoxy) is 1. The molecule has 1 unspecified atom stereocenters. The summed E-state index contributed by atoms with van der Waals surface area (Å²) in [5.41, 5.74) is 2.34. The van der Waals surface area contributed by atoms with Crippen LogP contribution in [-0.4, -0.2) is 20.7 Å². The maximum absolute atomic E-state index is 12.9. The van der Waals surface area contributed by atoms with E-state index in [0.29, 0.717) is 15.9 Å². The molecular weight excluding hydrogens is 398 g/mol. The van der Waals surface area contributed by atoms with Crippen LogP contribution < -0.4 is 20.4 Å². The van der Waals surface area contributed by atoms with Crippen molar-refractivity contribution in [3.63, 3.8) is 0 Å². The van der Waals surface area contributed by atoms with Crippen molar-refractivity contribution < 1.29 is 4.74 Å². The molecule has 0 amide bonds. The highest BCUT2D eigenvalue weighted by Gasteiger charge is 2.18. The summed E-state index contributed by atoms with van der Waals surface area (Å²) in [6.07, 6.45) is 3.94. The van der Waals surface area contributed by atoms with Gasteiger partial charge in [-0.1, -0.05) is 59.9 Å². The third kappa shape index (κ3) is 3.33. The average Bonchev–Trinajstić information content (AvgIpc) is 3.04. The standard InChI is InChI=1S/C23H17N3O3S/c1-14-17(12-16-9-5-6-10-19(16)29-14)13-20-22(28)26-23(30-20)24-21(27)18(25-26)11-15-7-3-2-4-8-15/h2-10,12-14H,11H2,1H3. The van der Waals surface area contributed by atoms with Gasteiger partial charge in [-0.3, -0.25) is 9.59 Å². The smallest absolute Gasteiger partial charge is 0.296 e. The Bertz CT molecular complexity index is 1450. The van der Waals surface area contributed by atoms with Gasteiger partial charge in [0.1, 0.15) is 17.5 Å². The molecule has 0 saturated carbocycles. The van der Waals surface area contributed by atoms with Gasteiger partial charge in [-0.15, -0.1) is 0 Å². The zero-order chi connectivity index (χ0) is 20.7. The minimum atomic E-state index is -0.408. The fourth-order valence-electron chi connectivity index (χ4n) is 3.41. The first-order chi connectivity index (χ1) is 14.6. The van der Waals surface area contributed by atoms with E-state index in [4.69, 9.17) is 4.74 Å². The Morgan fingerprint density at radius 2 is 1.87 bits per heavy atom. The summed E-state index contributed by atoms with van der Waals surface area (Å²) in [5.74, 6) is 0.820. The number of fused-ring (bicyclic) bond motifs is 2. The van der Waals surface area contributed by atoms with Crippen LogP contribution in [0.2, 0.25) is 0 Å². The van der Waals surface area contributed by atoms with E-state index in [-0.39, 0.29) is 17.4 Å². The summed E-state index contributed by atoms with van der Waals surface area (Å²) in [4.78, 5) is 29.7. The van der Waals surface area contributed by atoms with Gasteiger partial charge in [0.05, 0.1) is 4.53 Å². The summed E-state index contributed by atoms with van der Waals surface area (Å²) in [5, 5.41) is 4.31. The first-order valence-electron chi connectivity index (χ1n) is 9.54. The van der Waals surface area contributed by atoms with Gasteiger partial charge in [-0.25, -0.2) is 0 Å². The second-order valence-corrected chi connectivity index (χ2v) is 8.09. The highest BCUT2D eigenvalue weighted by Crippen LogP contribution is 2.29. The van der Waals surface area contributed by atoms with Crippen LogP contribution in [-0.2, 0) is 6.42 Å². The highest BCUT2D eigenvalue weighted by atomic mass is 32.1. The van der Waals surface area contributed by atoms with Crippen LogP contribution in [0.25, 0.3) is 17.1 Å². The lowest BCUT2D eigenvalue weighted by Gasteiger charge is -2.22. The van der Waals surface area contributed by atoms with Crippen LogP contribution in [0, 0.1) is 0 Å². The number of hydrogen-bond acceptors (Lipinski definition) is 6. The minimum Gasteiger partial charge on any atom is -0.485 e. The minimum absolute atomic E-state index is 0.195. The van der Waals surface area contributed by atoms with E-state index in [1.54, 1.807) is 6.08 Å². The Morgan fingerprint density at radius 3 is 2.70 bits per heavy atom. The molecule has 2 aromatic heterocycles. The number of hydrogen-bond donors (Lipinski definition) is 0. The molecule has 5 rings (SSSR count). The fraction of sp³-hybridized carbons (Fsp3) is 0.130. The molecule has 0 spiro atoms. The number of aromatic nitrogens is 3. The van der Waals surface area contributed by atoms with E-state index >= 15 is 0 Å². The highest BCUT2D eigenvalue weighted by molar-refractivity contribution is 7.15. The van der Waals surface area contributed by atoms with Crippen molar-refractivity contribution in [2.45, 2.75) is 19.4 Å². The molecule has 1 aliphatic heterocycles. The van der Waals surface area contributed by atoms with Gasteiger partial charge < -0.3 is 4.74 Å². The largest absolute Gasteiger partial charge is 0.485 e. The Hall–Kier alpha value is -3.58. The number of benzene rings is 2. The molecule has 1 aliphatic rings. The first-order valence-corrected chi connectivity index (χ1v) is 10.4. The summed E-state index contributed by atoms with van der Waals surface area (Å²) in [7, 11) is 0. The summed E-state index contributed by atoms with van der Waals surface area (Å²) < 4.78 is 7.64. The molecule has 0 saturated heterocycles. The molecule has 0 fully saturated rings. The maximum Gasteiger partial charge on any atom is 0.296 e. The number of nitrogens with zero attached hydrogens (tertiary/aromatic N) is 3. The van der Waals surface area contributed by atoms with Gasteiger partial charge in [0.2, 0.25) is 4.96 Å². The maximum atomic E-state index is 12.9. The fourth-order valence-corrected chi connectivity index (χ4v) is 4.32. The lowest BCUT2D eigenvalue weighted by molar-refractivity contribution is 0.259. The van der Waals surface area contributed by atoms with Crippen molar-refractivity contribution in [2.75, 3.05) is 0 Å². The third-order valence-electron chi connectivity index (χ3n) is 4.98. The van der Waals surface area contributed by atoms with Crippen molar-refractivity contribution >= 4 is 28.4 Å². The molecular formula is C23H17N3O3S. The van der Waals surface area contributed by atoms with Gasteiger partial charge in [0.25, 0.3) is 11.1 Å². The molecule has 4 aromatic rings. The Labute approximate surface area is 175 Å². The molecule has 2 aromatic carbocycles. The van der Waals surface area contributed by atoms with Gasteiger partial charge >= 0.3 is 0 Å². The van der Waals surface area contributed by atoms with Crippen molar-refractivity contribution in [3.8, 4) is 5.75 Å². The zero-order valence-electron chi connectivity index (χ0n) is 16.1. The van der Waals surface area contributed by atoms with E-state index in [0.717, 1.165) is 33.8 Å². The second kappa shape index (κ2) is 7.35. The van der Waals surface area contributed by atoms with Crippen molar-refractivity contribution in [2.24, 2.45) is 0 Å². The van der Waals surface area contributed by atoms with Crippen LogP contribution >= 0.6 is 11.3 Å². The van der Waals surface area contributed by atoms with Crippen molar-refractivity contribution in [3.05, 3.63) is 102 Å². The predicted molar refractivity (Wildman–Crippen MR) is 117 cm³/mol. The lowest BCUT2D eigenvalue weighted by Crippen LogP contribution is -2.29. The molecule has 7 heteroatoms. The van der Waals surface area contributed by atoms with E-state index in [1.165, 1.54) is 4.52 Å². The average molecular weight is 415 g/mol.